The fourth-order valence-electron chi connectivity index (χ4n) is 4.57. The first-order valence-corrected chi connectivity index (χ1v) is 12.2. The quantitative estimate of drug-likeness (QED) is 0.377. The van der Waals surface area contributed by atoms with Crippen molar-refractivity contribution in [1.29, 1.82) is 0 Å². The summed E-state index contributed by atoms with van der Waals surface area (Å²) >= 11 is 1.50. The Bertz CT molecular complexity index is 1320. The number of fused-ring (bicyclic) bond motifs is 3. The second kappa shape index (κ2) is 9.50. The number of thioether (sulfide) groups is 1. The fraction of sp³-hybridized carbons (Fsp3) is 0.222. The van der Waals surface area contributed by atoms with Gasteiger partial charge < -0.3 is 14.6 Å². The fourth-order valence-corrected chi connectivity index (χ4v) is 5.45. The molecule has 0 saturated heterocycles. The Kier molecular flexibility index (Phi) is 6.28. The standard InChI is InChI=1S/C27H24F2N2O2S/c1-33-21-10-11-24-23(14-21)22-12-13-31(25(32)16-34-15-17-2-6-19(28)7-3-17)27(26(22)30-24)18-4-8-20(29)9-5-18/h2-11,14,27,30H,12-13,15-16H2,1H3/t27-/m1/s1. The van der Waals surface area contributed by atoms with Gasteiger partial charge in [0.1, 0.15) is 17.4 Å². The van der Waals surface area contributed by atoms with Crippen molar-refractivity contribution in [3.63, 3.8) is 0 Å². The highest BCUT2D eigenvalue weighted by Gasteiger charge is 2.34. The molecule has 0 aliphatic carbocycles. The largest absolute Gasteiger partial charge is 0.497 e. The average Bonchev–Trinajstić information content (AvgIpc) is 3.23. The molecule has 4 aromatic rings. The molecule has 5 rings (SSSR count). The molecule has 0 bridgehead atoms. The topological polar surface area (TPSA) is 45.3 Å². The van der Waals surface area contributed by atoms with Crippen LogP contribution < -0.4 is 4.74 Å². The van der Waals surface area contributed by atoms with Crippen LogP contribution in [0.4, 0.5) is 8.78 Å². The van der Waals surface area contributed by atoms with Crippen LogP contribution in [0.2, 0.25) is 0 Å². The minimum Gasteiger partial charge on any atom is -0.497 e. The lowest BCUT2D eigenvalue weighted by molar-refractivity contribution is -0.130. The monoisotopic (exact) mass is 478 g/mol. The van der Waals surface area contributed by atoms with E-state index < -0.39 is 0 Å². The lowest BCUT2D eigenvalue weighted by Gasteiger charge is -2.36. The van der Waals surface area contributed by atoms with E-state index in [4.69, 9.17) is 4.74 Å². The summed E-state index contributed by atoms with van der Waals surface area (Å²) in [6, 6.07) is 18.3. The summed E-state index contributed by atoms with van der Waals surface area (Å²) in [5.41, 5.74) is 4.93. The summed E-state index contributed by atoms with van der Waals surface area (Å²) < 4.78 is 32.2. The molecule has 0 fully saturated rings. The maximum atomic E-state index is 13.7. The van der Waals surface area contributed by atoms with Crippen molar-refractivity contribution in [2.75, 3.05) is 19.4 Å². The van der Waals surface area contributed by atoms with E-state index in [-0.39, 0.29) is 23.6 Å². The van der Waals surface area contributed by atoms with E-state index in [9.17, 15) is 13.6 Å². The van der Waals surface area contributed by atoms with Gasteiger partial charge in [0.2, 0.25) is 5.91 Å². The van der Waals surface area contributed by atoms with Crippen molar-refractivity contribution in [3.05, 3.63) is 101 Å². The van der Waals surface area contributed by atoms with Crippen molar-refractivity contribution in [3.8, 4) is 5.75 Å². The van der Waals surface area contributed by atoms with Crippen LogP contribution in [0.5, 0.6) is 5.75 Å². The molecule has 0 unspecified atom stereocenters. The molecule has 1 aliphatic heterocycles. The third-order valence-electron chi connectivity index (χ3n) is 6.25. The van der Waals surface area contributed by atoms with Crippen LogP contribution in [0.1, 0.15) is 28.4 Å². The Morgan fingerprint density at radius 2 is 1.76 bits per heavy atom. The number of aromatic amines is 1. The minimum absolute atomic E-state index is 0.0170. The summed E-state index contributed by atoms with van der Waals surface area (Å²) in [5.74, 6) is 1.14. The first-order valence-electron chi connectivity index (χ1n) is 11.1. The molecule has 2 heterocycles. The molecule has 4 nitrogen and oxygen atoms in total. The Balaban J connectivity index is 1.44. The number of aromatic nitrogens is 1. The SMILES string of the molecule is COc1ccc2[nH]c3c(c2c1)CCN(C(=O)CSCc1ccc(F)cc1)[C@@H]3c1ccc(F)cc1. The zero-order chi connectivity index (χ0) is 23.7. The van der Waals surface area contributed by atoms with Crippen LogP contribution in [0.15, 0.2) is 66.7 Å². The predicted molar refractivity (Wildman–Crippen MR) is 131 cm³/mol. The van der Waals surface area contributed by atoms with E-state index in [0.717, 1.165) is 39.0 Å². The number of hydrogen-bond donors (Lipinski definition) is 1. The number of nitrogens with one attached hydrogen (secondary N) is 1. The molecule has 34 heavy (non-hydrogen) atoms. The Morgan fingerprint density at radius 1 is 1.06 bits per heavy atom. The predicted octanol–water partition coefficient (Wildman–Crippen LogP) is 5.86. The maximum Gasteiger partial charge on any atom is 0.233 e. The van der Waals surface area contributed by atoms with Crippen molar-refractivity contribution < 1.29 is 18.3 Å². The third kappa shape index (κ3) is 4.40. The number of hydrogen-bond acceptors (Lipinski definition) is 3. The van der Waals surface area contributed by atoms with Crippen LogP contribution in [0, 0.1) is 11.6 Å². The highest BCUT2D eigenvalue weighted by Crippen LogP contribution is 2.39. The van der Waals surface area contributed by atoms with Gasteiger partial charge >= 0.3 is 0 Å². The molecule has 1 amide bonds. The Labute approximate surface area is 200 Å². The van der Waals surface area contributed by atoms with Crippen LogP contribution in [-0.4, -0.2) is 35.2 Å². The third-order valence-corrected chi connectivity index (χ3v) is 7.24. The number of carbonyl (C=O) groups excluding carboxylic acids is 1. The summed E-state index contributed by atoms with van der Waals surface area (Å²) in [7, 11) is 1.64. The van der Waals surface area contributed by atoms with E-state index in [0.29, 0.717) is 24.5 Å². The van der Waals surface area contributed by atoms with Gasteiger partial charge in [-0.3, -0.25) is 4.79 Å². The number of ether oxygens (including phenoxy) is 1. The Hall–Kier alpha value is -3.32. The van der Waals surface area contributed by atoms with Gasteiger partial charge in [-0.1, -0.05) is 24.3 Å². The summed E-state index contributed by atoms with van der Waals surface area (Å²) in [6.45, 7) is 0.565. The van der Waals surface area contributed by atoms with Gasteiger partial charge in [-0.15, -0.1) is 11.8 Å². The highest BCUT2D eigenvalue weighted by atomic mass is 32.2. The molecule has 7 heteroatoms. The molecule has 1 aromatic heterocycles. The van der Waals surface area contributed by atoms with Crippen molar-refractivity contribution in [2.45, 2.75) is 18.2 Å². The number of benzene rings is 3. The van der Waals surface area contributed by atoms with Crippen molar-refractivity contribution in [1.82, 2.24) is 9.88 Å². The number of H-pyrrole nitrogens is 1. The number of halogens is 2. The molecular weight excluding hydrogens is 454 g/mol. The molecule has 0 spiro atoms. The molecule has 0 radical (unpaired) electrons. The highest BCUT2D eigenvalue weighted by molar-refractivity contribution is 7.99. The molecule has 1 aliphatic rings. The molecule has 174 valence electrons. The van der Waals surface area contributed by atoms with Crippen LogP contribution in [-0.2, 0) is 17.0 Å². The summed E-state index contributed by atoms with van der Waals surface area (Å²) in [5, 5.41) is 1.08. The number of amides is 1. The first kappa shape index (κ1) is 22.5. The first-order chi connectivity index (χ1) is 16.5. The van der Waals surface area contributed by atoms with E-state index in [1.165, 1.54) is 36.0 Å². The lowest BCUT2D eigenvalue weighted by atomic mass is 9.92. The van der Waals surface area contributed by atoms with E-state index in [1.54, 1.807) is 31.4 Å². The Morgan fingerprint density at radius 3 is 2.47 bits per heavy atom. The maximum absolute atomic E-state index is 13.7. The molecular formula is C27H24F2N2O2S. The zero-order valence-corrected chi connectivity index (χ0v) is 19.5. The summed E-state index contributed by atoms with van der Waals surface area (Å²) in [4.78, 5) is 18.7. The van der Waals surface area contributed by atoms with Crippen LogP contribution >= 0.6 is 11.8 Å². The average molecular weight is 479 g/mol. The van der Waals surface area contributed by atoms with Gasteiger partial charge in [-0.05, 0) is 65.6 Å². The number of carbonyl (C=O) groups is 1. The zero-order valence-electron chi connectivity index (χ0n) is 18.7. The second-order valence-corrected chi connectivity index (χ2v) is 9.32. The summed E-state index contributed by atoms with van der Waals surface area (Å²) in [6.07, 6.45) is 0.717. The number of rotatable bonds is 6. The number of methoxy groups -OCH3 is 1. The van der Waals surface area contributed by atoms with Gasteiger partial charge in [-0.2, -0.15) is 0 Å². The van der Waals surface area contributed by atoms with Crippen LogP contribution in [0.3, 0.4) is 0 Å². The molecule has 0 saturated carbocycles. The minimum atomic E-state index is -0.332. The van der Waals surface area contributed by atoms with Gasteiger partial charge in [0.25, 0.3) is 0 Å². The number of nitrogens with zero attached hydrogens (tertiary/aromatic N) is 1. The van der Waals surface area contributed by atoms with Gasteiger partial charge in [0, 0.05) is 28.9 Å². The second-order valence-electron chi connectivity index (χ2n) is 8.34. The van der Waals surface area contributed by atoms with E-state index in [2.05, 4.69) is 4.98 Å². The van der Waals surface area contributed by atoms with Crippen molar-refractivity contribution >= 4 is 28.6 Å². The van der Waals surface area contributed by atoms with Crippen LogP contribution in [0.25, 0.3) is 10.9 Å². The van der Waals surface area contributed by atoms with Gasteiger partial charge in [-0.25, -0.2) is 8.78 Å². The van der Waals surface area contributed by atoms with Gasteiger partial charge in [0.05, 0.1) is 18.9 Å². The van der Waals surface area contributed by atoms with E-state index in [1.807, 2.05) is 23.1 Å². The normalized spacial score (nSPS) is 15.4. The molecule has 1 N–H and O–H groups in total. The van der Waals surface area contributed by atoms with Crippen molar-refractivity contribution in [2.24, 2.45) is 0 Å². The smallest absolute Gasteiger partial charge is 0.233 e. The molecule has 1 atom stereocenters. The molecule has 3 aromatic carbocycles. The lowest BCUT2D eigenvalue weighted by Crippen LogP contribution is -2.41. The van der Waals surface area contributed by atoms with Gasteiger partial charge in [0.15, 0.2) is 0 Å². The van der Waals surface area contributed by atoms with E-state index >= 15 is 0 Å².